The van der Waals surface area contributed by atoms with Gasteiger partial charge in [0, 0.05) is 11.7 Å². The van der Waals surface area contributed by atoms with Crippen molar-refractivity contribution in [3.05, 3.63) is 24.3 Å². The second-order valence-electron chi connectivity index (χ2n) is 5.30. The first-order valence-corrected chi connectivity index (χ1v) is 8.34. The molecule has 1 saturated heterocycles. The molecule has 1 aliphatic rings. The fourth-order valence-electron chi connectivity index (χ4n) is 2.61. The van der Waals surface area contributed by atoms with Crippen LogP contribution in [0.4, 0.5) is 5.69 Å². The van der Waals surface area contributed by atoms with E-state index in [1.165, 1.54) is 7.05 Å². The van der Waals surface area contributed by atoms with E-state index in [1.54, 1.807) is 24.3 Å². The van der Waals surface area contributed by atoms with Crippen LogP contribution in [0.5, 0.6) is 0 Å². The second-order valence-corrected chi connectivity index (χ2v) is 7.19. The number of sulfonamides is 1. The highest BCUT2D eigenvalue weighted by Gasteiger charge is 2.24. The molecule has 1 aliphatic heterocycles. The van der Waals surface area contributed by atoms with Crippen molar-refractivity contribution in [2.45, 2.75) is 49.8 Å². The number of benzene rings is 1. The average Bonchev–Trinajstić information content (AvgIpc) is 2.38. The molecule has 0 amide bonds. The quantitative estimate of drug-likeness (QED) is 0.892. The SMILES string of the molecule is CNS(=O)(=O)c1ccc(NC2CC(C)OC(C)C2)cc1. The highest BCUT2D eigenvalue weighted by molar-refractivity contribution is 7.89. The van der Waals surface area contributed by atoms with Crippen LogP contribution < -0.4 is 10.0 Å². The Bertz CT molecular complexity index is 532. The molecule has 2 rings (SSSR count). The van der Waals surface area contributed by atoms with Gasteiger partial charge >= 0.3 is 0 Å². The van der Waals surface area contributed by atoms with Gasteiger partial charge in [-0.25, -0.2) is 13.1 Å². The number of ether oxygens (including phenoxy) is 1. The first-order chi connectivity index (χ1) is 9.40. The summed E-state index contributed by atoms with van der Waals surface area (Å²) in [6.45, 7) is 4.15. The Morgan fingerprint density at radius 3 is 2.15 bits per heavy atom. The predicted molar refractivity (Wildman–Crippen MR) is 79.3 cm³/mol. The lowest BCUT2D eigenvalue weighted by atomic mass is 9.99. The van der Waals surface area contributed by atoms with E-state index >= 15 is 0 Å². The molecule has 2 unspecified atom stereocenters. The lowest BCUT2D eigenvalue weighted by Crippen LogP contribution is -2.36. The van der Waals surface area contributed by atoms with Crippen LogP contribution in [-0.4, -0.2) is 33.7 Å². The third kappa shape index (κ3) is 3.71. The zero-order chi connectivity index (χ0) is 14.8. The predicted octanol–water partition coefficient (Wildman–Crippen LogP) is 1.96. The molecule has 5 nitrogen and oxygen atoms in total. The first-order valence-electron chi connectivity index (χ1n) is 6.86. The zero-order valence-corrected chi connectivity index (χ0v) is 12.9. The number of hydrogen-bond donors (Lipinski definition) is 2. The fraction of sp³-hybridized carbons (Fsp3) is 0.571. The Kier molecular flexibility index (Phi) is 4.67. The molecule has 1 heterocycles. The highest BCUT2D eigenvalue weighted by atomic mass is 32.2. The minimum atomic E-state index is -3.36. The van der Waals surface area contributed by atoms with E-state index in [-0.39, 0.29) is 17.1 Å². The average molecular weight is 298 g/mol. The van der Waals surface area contributed by atoms with Crippen molar-refractivity contribution in [3.8, 4) is 0 Å². The molecular formula is C14H22N2O3S. The molecule has 0 radical (unpaired) electrons. The Morgan fingerprint density at radius 2 is 1.65 bits per heavy atom. The molecule has 0 aliphatic carbocycles. The summed E-state index contributed by atoms with van der Waals surface area (Å²) in [4.78, 5) is 0.277. The van der Waals surface area contributed by atoms with Gasteiger partial charge in [0.15, 0.2) is 0 Å². The summed E-state index contributed by atoms with van der Waals surface area (Å²) in [5, 5.41) is 3.44. The van der Waals surface area contributed by atoms with E-state index < -0.39 is 10.0 Å². The van der Waals surface area contributed by atoms with E-state index in [2.05, 4.69) is 23.9 Å². The van der Waals surface area contributed by atoms with Gasteiger partial charge in [0.05, 0.1) is 17.1 Å². The lowest BCUT2D eigenvalue weighted by molar-refractivity contribution is -0.0337. The van der Waals surface area contributed by atoms with Crippen LogP contribution in [0, 0.1) is 0 Å². The van der Waals surface area contributed by atoms with Gasteiger partial charge in [0.25, 0.3) is 0 Å². The third-order valence-corrected chi connectivity index (χ3v) is 4.93. The number of hydrogen-bond acceptors (Lipinski definition) is 4. The Balaban J connectivity index is 2.04. The maximum atomic E-state index is 11.6. The van der Waals surface area contributed by atoms with Crippen LogP contribution in [0.25, 0.3) is 0 Å². The van der Waals surface area contributed by atoms with Crippen molar-refractivity contribution in [3.63, 3.8) is 0 Å². The van der Waals surface area contributed by atoms with Crippen molar-refractivity contribution in [1.29, 1.82) is 0 Å². The topological polar surface area (TPSA) is 67.4 Å². The van der Waals surface area contributed by atoms with Crippen LogP contribution in [0.15, 0.2) is 29.2 Å². The van der Waals surface area contributed by atoms with Gasteiger partial charge in [0.2, 0.25) is 10.0 Å². The largest absolute Gasteiger partial charge is 0.382 e. The van der Waals surface area contributed by atoms with Gasteiger partial charge < -0.3 is 10.1 Å². The van der Waals surface area contributed by atoms with Gasteiger partial charge in [-0.3, -0.25) is 0 Å². The van der Waals surface area contributed by atoms with Gasteiger partial charge in [-0.15, -0.1) is 0 Å². The summed E-state index contributed by atoms with van der Waals surface area (Å²) in [6.07, 6.45) is 2.42. The van der Waals surface area contributed by atoms with Crippen LogP contribution in [0.3, 0.4) is 0 Å². The molecular weight excluding hydrogens is 276 g/mol. The lowest BCUT2D eigenvalue weighted by Gasteiger charge is -2.33. The van der Waals surface area contributed by atoms with E-state index in [4.69, 9.17) is 4.74 Å². The smallest absolute Gasteiger partial charge is 0.240 e. The standard InChI is InChI=1S/C14H22N2O3S/c1-10-8-13(9-11(2)19-10)16-12-4-6-14(7-5-12)20(17,18)15-3/h4-7,10-11,13,15-16H,8-9H2,1-3H3. The fourth-order valence-corrected chi connectivity index (χ4v) is 3.34. The van der Waals surface area contributed by atoms with Gasteiger partial charge in [0.1, 0.15) is 0 Å². The van der Waals surface area contributed by atoms with Crippen LogP contribution >= 0.6 is 0 Å². The minimum Gasteiger partial charge on any atom is -0.382 e. The van der Waals surface area contributed by atoms with Gasteiger partial charge in [-0.05, 0) is 58.0 Å². The van der Waals surface area contributed by atoms with Gasteiger partial charge in [-0.2, -0.15) is 0 Å². The Hall–Kier alpha value is -1.11. The molecule has 0 saturated carbocycles. The van der Waals surface area contributed by atoms with E-state index in [1.807, 2.05) is 0 Å². The number of rotatable bonds is 4. The maximum Gasteiger partial charge on any atom is 0.240 e. The summed E-state index contributed by atoms with van der Waals surface area (Å²) in [5.74, 6) is 0. The van der Waals surface area contributed by atoms with E-state index in [0.717, 1.165) is 18.5 Å². The molecule has 20 heavy (non-hydrogen) atoms. The number of anilines is 1. The molecule has 2 N–H and O–H groups in total. The summed E-state index contributed by atoms with van der Waals surface area (Å²) in [7, 11) is -1.95. The Morgan fingerprint density at radius 1 is 1.10 bits per heavy atom. The van der Waals surface area contributed by atoms with E-state index in [9.17, 15) is 8.42 Å². The van der Waals surface area contributed by atoms with Crippen molar-refractivity contribution in [2.24, 2.45) is 0 Å². The Labute approximate surface area is 120 Å². The van der Waals surface area contributed by atoms with Crippen molar-refractivity contribution in [2.75, 3.05) is 12.4 Å². The van der Waals surface area contributed by atoms with Crippen LogP contribution in [-0.2, 0) is 14.8 Å². The minimum absolute atomic E-state index is 0.250. The summed E-state index contributed by atoms with van der Waals surface area (Å²) in [5.41, 5.74) is 0.936. The zero-order valence-electron chi connectivity index (χ0n) is 12.1. The molecule has 6 heteroatoms. The summed E-state index contributed by atoms with van der Waals surface area (Å²) < 4.78 is 31.3. The third-order valence-electron chi connectivity index (χ3n) is 3.50. The molecule has 0 aromatic heterocycles. The first kappa shape index (κ1) is 15.3. The van der Waals surface area contributed by atoms with E-state index in [0.29, 0.717) is 6.04 Å². The monoisotopic (exact) mass is 298 g/mol. The molecule has 0 spiro atoms. The molecule has 2 atom stereocenters. The molecule has 1 aromatic rings. The van der Waals surface area contributed by atoms with Crippen molar-refractivity contribution in [1.82, 2.24) is 4.72 Å². The molecule has 0 bridgehead atoms. The summed E-state index contributed by atoms with van der Waals surface area (Å²) >= 11 is 0. The van der Waals surface area contributed by atoms with Crippen LogP contribution in [0.1, 0.15) is 26.7 Å². The second kappa shape index (κ2) is 6.11. The molecule has 1 fully saturated rings. The summed E-state index contributed by atoms with van der Waals surface area (Å²) in [6, 6.07) is 7.19. The maximum absolute atomic E-state index is 11.6. The highest BCUT2D eigenvalue weighted by Crippen LogP contribution is 2.23. The van der Waals surface area contributed by atoms with Gasteiger partial charge in [-0.1, -0.05) is 0 Å². The van der Waals surface area contributed by atoms with Crippen LogP contribution in [0.2, 0.25) is 0 Å². The molecule has 1 aromatic carbocycles. The normalized spacial score (nSPS) is 27.2. The molecule has 112 valence electrons. The number of nitrogens with one attached hydrogen (secondary N) is 2. The van der Waals surface area contributed by atoms with Crippen molar-refractivity contribution < 1.29 is 13.2 Å². The van der Waals surface area contributed by atoms with Crippen molar-refractivity contribution >= 4 is 15.7 Å².